The van der Waals surface area contributed by atoms with Crippen LogP contribution in [0.3, 0.4) is 0 Å². The van der Waals surface area contributed by atoms with Gasteiger partial charge >= 0.3 is 23.1 Å². The maximum Gasteiger partial charge on any atom is 2.00 e. The van der Waals surface area contributed by atoms with E-state index in [-0.39, 0.29) is 29.0 Å². The number of carbonyl (C=O) groups excluding carboxylic acids is 1. The SMILES string of the molecule is O=C1CCSN1.O=S(=O)([O-])[O-].[Mg+2]. The molecule has 0 saturated carbocycles. The molecule has 0 aliphatic carbocycles. The van der Waals surface area contributed by atoms with Crippen LogP contribution in [0.1, 0.15) is 6.42 Å². The molecule has 1 N–H and O–H groups in total. The van der Waals surface area contributed by atoms with Crippen molar-refractivity contribution in [2.24, 2.45) is 0 Å². The summed E-state index contributed by atoms with van der Waals surface area (Å²) in [5.41, 5.74) is 0. The summed E-state index contributed by atoms with van der Waals surface area (Å²) < 4.78 is 36.7. The summed E-state index contributed by atoms with van der Waals surface area (Å²) in [5.74, 6) is 1.11. The molecule has 0 atom stereocenters. The maximum absolute atomic E-state index is 10.1. The van der Waals surface area contributed by atoms with Crippen molar-refractivity contribution >= 4 is 51.3 Å². The van der Waals surface area contributed by atoms with E-state index in [4.69, 9.17) is 17.5 Å². The Bertz CT molecular complexity index is 211. The van der Waals surface area contributed by atoms with Gasteiger partial charge in [0.2, 0.25) is 5.91 Å². The van der Waals surface area contributed by atoms with Gasteiger partial charge in [0, 0.05) is 22.6 Å². The number of carbonyl (C=O) groups is 1. The molecule has 1 amide bonds. The third-order valence-electron chi connectivity index (χ3n) is 0.617. The Balaban J connectivity index is 0. The molecule has 0 bridgehead atoms. The Hall–Kier alpha value is 0.456. The zero-order chi connectivity index (χ0) is 8.91. The molecule has 0 radical (unpaired) electrons. The molecular formula is C3H5MgNO5S2. The van der Waals surface area contributed by atoms with Gasteiger partial charge in [0.05, 0.1) is 0 Å². The smallest absolute Gasteiger partial charge is 0.759 e. The van der Waals surface area contributed by atoms with Crippen LogP contribution in [-0.2, 0) is 15.2 Å². The molecule has 1 aliphatic heterocycles. The summed E-state index contributed by atoms with van der Waals surface area (Å²) in [6.07, 6.45) is 0.699. The van der Waals surface area contributed by atoms with Crippen LogP contribution in [0.5, 0.6) is 0 Å². The predicted octanol–water partition coefficient (Wildman–Crippen LogP) is -1.56. The first-order valence-corrected chi connectivity index (χ1v) is 4.79. The second-order valence-electron chi connectivity index (χ2n) is 1.53. The third-order valence-corrected chi connectivity index (χ3v) is 1.40. The van der Waals surface area contributed by atoms with Crippen LogP contribution in [0.25, 0.3) is 0 Å². The summed E-state index contributed by atoms with van der Waals surface area (Å²) >= 11 is 1.48. The summed E-state index contributed by atoms with van der Waals surface area (Å²) in [6.45, 7) is 0. The Morgan fingerprint density at radius 1 is 1.42 bits per heavy atom. The Morgan fingerprint density at radius 3 is 1.92 bits per heavy atom. The first-order valence-electron chi connectivity index (χ1n) is 2.47. The van der Waals surface area contributed by atoms with E-state index in [1.165, 1.54) is 11.9 Å². The van der Waals surface area contributed by atoms with Gasteiger partial charge in [-0.05, 0) is 11.9 Å². The van der Waals surface area contributed by atoms with Crippen LogP contribution < -0.4 is 4.72 Å². The van der Waals surface area contributed by atoms with Crippen molar-refractivity contribution in [2.45, 2.75) is 6.42 Å². The normalized spacial score (nSPS) is 15.3. The van der Waals surface area contributed by atoms with E-state index in [0.29, 0.717) is 6.42 Å². The molecule has 0 aromatic carbocycles. The molecule has 12 heavy (non-hydrogen) atoms. The molecule has 6 nitrogen and oxygen atoms in total. The Morgan fingerprint density at radius 2 is 1.83 bits per heavy atom. The molecule has 0 spiro atoms. The van der Waals surface area contributed by atoms with E-state index < -0.39 is 10.4 Å². The fraction of sp³-hybridized carbons (Fsp3) is 0.667. The van der Waals surface area contributed by atoms with Crippen molar-refractivity contribution in [3.8, 4) is 0 Å². The Labute approximate surface area is 90.3 Å². The van der Waals surface area contributed by atoms with Gasteiger partial charge in [-0.2, -0.15) is 0 Å². The summed E-state index contributed by atoms with van der Waals surface area (Å²) in [4.78, 5) is 10.1. The molecule has 0 aromatic rings. The molecular weight excluding hydrogens is 218 g/mol. The van der Waals surface area contributed by atoms with Crippen LogP contribution in [0, 0.1) is 0 Å². The molecule has 9 heteroatoms. The second-order valence-corrected chi connectivity index (χ2v) is 3.25. The van der Waals surface area contributed by atoms with Crippen LogP contribution in [-0.4, -0.2) is 52.2 Å². The van der Waals surface area contributed by atoms with E-state index >= 15 is 0 Å². The van der Waals surface area contributed by atoms with Gasteiger partial charge in [0.25, 0.3) is 0 Å². The average Bonchev–Trinajstić information content (AvgIpc) is 2.12. The van der Waals surface area contributed by atoms with Gasteiger partial charge in [-0.1, -0.05) is 0 Å². The fourth-order valence-corrected chi connectivity index (χ4v) is 0.979. The van der Waals surface area contributed by atoms with Gasteiger partial charge in [-0.3, -0.25) is 13.2 Å². The zero-order valence-corrected chi connectivity index (χ0v) is 9.03. The van der Waals surface area contributed by atoms with Crippen LogP contribution in [0.2, 0.25) is 0 Å². The summed E-state index contributed by atoms with van der Waals surface area (Å²) in [5, 5.41) is 0. The first-order chi connectivity index (χ1) is 4.89. The van der Waals surface area contributed by atoms with E-state index in [0.717, 1.165) is 5.75 Å². The molecule has 1 saturated heterocycles. The summed E-state index contributed by atoms with van der Waals surface area (Å²) in [6, 6.07) is 0. The number of rotatable bonds is 0. The monoisotopic (exact) mass is 223 g/mol. The minimum absolute atomic E-state index is 0. The van der Waals surface area contributed by atoms with Gasteiger partial charge in [0.15, 0.2) is 0 Å². The van der Waals surface area contributed by atoms with Crippen molar-refractivity contribution < 1.29 is 22.3 Å². The van der Waals surface area contributed by atoms with Gasteiger partial charge < -0.3 is 13.8 Å². The van der Waals surface area contributed by atoms with Crippen molar-refractivity contribution in [3.63, 3.8) is 0 Å². The van der Waals surface area contributed by atoms with E-state index in [1.54, 1.807) is 0 Å². The number of amides is 1. The van der Waals surface area contributed by atoms with Crippen molar-refractivity contribution in [1.82, 2.24) is 4.72 Å². The molecule has 0 unspecified atom stereocenters. The van der Waals surface area contributed by atoms with Crippen LogP contribution in [0.4, 0.5) is 0 Å². The molecule has 1 fully saturated rings. The average molecular weight is 224 g/mol. The van der Waals surface area contributed by atoms with E-state index in [1.807, 2.05) is 0 Å². The van der Waals surface area contributed by atoms with E-state index in [2.05, 4.69) is 4.72 Å². The quantitative estimate of drug-likeness (QED) is 0.230. The fourth-order valence-electron chi connectivity index (χ4n) is 0.326. The Kier molecular flexibility index (Phi) is 8.62. The van der Waals surface area contributed by atoms with Crippen molar-refractivity contribution in [3.05, 3.63) is 0 Å². The molecule has 1 heterocycles. The third kappa shape index (κ3) is 16.8. The number of hydrogen-bond acceptors (Lipinski definition) is 6. The van der Waals surface area contributed by atoms with E-state index in [9.17, 15) is 4.79 Å². The zero-order valence-electron chi connectivity index (χ0n) is 5.98. The predicted molar refractivity (Wildman–Crippen MR) is 41.4 cm³/mol. The number of nitrogens with one attached hydrogen (secondary N) is 1. The summed E-state index contributed by atoms with van der Waals surface area (Å²) in [7, 11) is -5.17. The van der Waals surface area contributed by atoms with Gasteiger partial charge in [0.1, 0.15) is 0 Å². The number of hydrogen-bond donors (Lipinski definition) is 1. The van der Waals surface area contributed by atoms with Crippen molar-refractivity contribution in [1.29, 1.82) is 0 Å². The minimum Gasteiger partial charge on any atom is -0.759 e. The van der Waals surface area contributed by atoms with Crippen LogP contribution in [0.15, 0.2) is 0 Å². The van der Waals surface area contributed by atoms with Crippen molar-refractivity contribution in [2.75, 3.05) is 5.75 Å². The minimum atomic E-state index is -5.17. The molecule has 66 valence electrons. The second kappa shape index (κ2) is 6.92. The molecule has 1 aliphatic rings. The van der Waals surface area contributed by atoms with Gasteiger partial charge in [-0.25, -0.2) is 0 Å². The topological polar surface area (TPSA) is 109 Å². The van der Waals surface area contributed by atoms with Gasteiger partial charge in [-0.15, -0.1) is 0 Å². The first kappa shape index (κ1) is 15.0. The van der Waals surface area contributed by atoms with Crippen LogP contribution >= 0.6 is 11.9 Å². The molecule has 1 rings (SSSR count). The standard InChI is InChI=1S/C3H5NOS.Mg.H2O4S/c5-3-1-2-6-4-3;;1-5(2,3)4/h1-2H2,(H,4,5);;(H2,1,2,3,4)/q;+2;/p-2. The maximum atomic E-state index is 10.1. The largest absolute Gasteiger partial charge is 2.00 e. The molecule has 0 aromatic heterocycles.